The average Bonchev–Trinajstić information content (AvgIpc) is 3.35. The number of aromatic hydroxyl groups is 1. The molecule has 0 fully saturated rings. The smallest absolute Gasteiger partial charge is 0.344 e. The zero-order valence-corrected chi connectivity index (χ0v) is 24.9. The standard InChI is InChI=1S/C30H40O12/c1-6-8-23(31)38-14-20(15-39-24(32)9-7-2)42-26(34)17-40-25(33)13-11-18(3)10-12-21-28(35)27-22(16-41-30(27)36)19(4)29(21)37-5/h10,20,35H,6-9,11-17H2,1-5H3/b18-10+. The molecule has 0 aromatic heterocycles. The summed E-state index contributed by atoms with van der Waals surface area (Å²) in [5.41, 5.74) is 2.70. The highest BCUT2D eigenvalue weighted by molar-refractivity contribution is 5.98. The second-order valence-corrected chi connectivity index (χ2v) is 9.81. The highest BCUT2D eigenvalue weighted by atomic mass is 16.6. The van der Waals surface area contributed by atoms with E-state index < -0.39 is 42.6 Å². The van der Waals surface area contributed by atoms with Gasteiger partial charge in [-0.2, -0.15) is 0 Å². The van der Waals surface area contributed by atoms with Crippen LogP contribution in [0.4, 0.5) is 0 Å². The predicted octanol–water partition coefficient (Wildman–Crippen LogP) is 3.79. The van der Waals surface area contributed by atoms with E-state index in [1.54, 1.807) is 19.9 Å². The monoisotopic (exact) mass is 592 g/mol. The molecule has 2 rings (SSSR count). The predicted molar refractivity (Wildman–Crippen MR) is 148 cm³/mol. The number of phenolic OH excluding ortho intramolecular Hbond substituents is 1. The van der Waals surface area contributed by atoms with E-state index in [1.165, 1.54) is 7.11 Å². The number of cyclic esters (lactones) is 1. The van der Waals surface area contributed by atoms with Crippen LogP contribution in [-0.2, 0) is 55.9 Å². The number of methoxy groups -OCH3 is 1. The van der Waals surface area contributed by atoms with Crippen LogP contribution in [-0.4, -0.2) is 68.0 Å². The first-order chi connectivity index (χ1) is 20.0. The first-order valence-corrected chi connectivity index (χ1v) is 13.9. The van der Waals surface area contributed by atoms with Gasteiger partial charge in [0.1, 0.15) is 36.9 Å². The summed E-state index contributed by atoms with van der Waals surface area (Å²) in [6.07, 6.45) is 2.84. The molecule has 1 heterocycles. The van der Waals surface area contributed by atoms with E-state index in [2.05, 4.69) is 0 Å². The van der Waals surface area contributed by atoms with Crippen molar-refractivity contribution in [2.75, 3.05) is 26.9 Å². The van der Waals surface area contributed by atoms with Gasteiger partial charge in [0.2, 0.25) is 0 Å². The number of ether oxygens (including phenoxy) is 6. The van der Waals surface area contributed by atoms with Crippen LogP contribution >= 0.6 is 0 Å². The molecule has 1 aliphatic heterocycles. The van der Waals surface area contributed by atoms with Crippen LogP contribution in [0, 0.1) is 6.92 Å². The van der Waals surface area contributed by atoms with Crippen LogP contribution in [0.1, 0.15) is 86.3 Å². The number of esters is 5. The summed E-state index contributed by atoms with van der Waals surface area (Å²) in [5.74, 6) is -2.78. The number of hydrogen-bond donors (Lipinski definition) is 1. The molecule has 0 aliphatic carbocycles. The molecule has 1 aromatic carbocycles. The summed E-state index contributed by atoms with van der Waals surface area (Å²) in [7, 11) is 1.48. The first kappa shape index (κ1) is 34.1. The molecule has 1 aromatic rings. The van der Waals surface area contributed by atoms with Crippen molar-refractivity contribution in [1.82, 2.24) is 0 Å². The van der Waals surface area contributed by atoms with Gasteiger partial charge < -0.3 is 33.5 Å². The van der Waals surface area contributed by atoms with E-state index in [1.807, 2.05) is 13.8 Å². The number of allylic oxidation sites excluding steroid dienone is 2. The lowest BCUT2D eigenvalue weighted by molar-refractivity contribution is -0.172. The number of phenols is 1. The van der Waals surface area contributed by atoms with E-state index in [0.717, 1.165) is 5.57 Å². The van der Waals surface area contributed by atoms with Gasteiger partial charge in [-0.3, -0.25) is 14.4 Å². The third-order valence-corrected chi connectivity index (χ3v) is 6.44. The average molecular weight is 593 g/mol. The van der Waals surface area contributed by atoms with Gasteiger partial charge in [-0.05, 0) is 45.1 Å². The van der Waals surface area contributed by atoms with Crippen molar-refractivity contribution >= 4 is 29.8 Å². The second kappa shape index (κ2) is 17.0. The Labute approximate surface area is 245 Å². The van der Waals surface area contributed by atoms with Gasteiger partial charge >= 0.3 is 29.8 Å². The molecule has 0 unspecified atom stereocenters. The van der Waals surface area contributed by atoms with Crippen molar-refractivity contribution in [2.45, 2.75) is 85.4 Å². The van der Waals surface area contributed by atoms with Crippen molar-refractivity contribution in [1.29, 1.82) is 0 Å². The molecule has 0 saturated carbocycles. The molecule has 12 heteroatoms. The Morgan fingerprint density at radius 3 is 2.10 bits per heavy atom. The van der Waals surface area contributed by atoms with Crippen molar-refractivity contribution in [3.8, 4) is 11.5 Å². The van der Waals surface area contributed by atoms with Gasteiger partial charge in [0.05, 0.1) is 7.11 Å². The minimum atomic E-state index is -1.04. The fraction of sp³-hybridized carbons (Fsp3) is 0.567. The number of fused-ring (bicyclic) bond motifs is 1. The lowest BCUT2D eigenvalue weighted by Gasteiger charge is -2.18. The van der Waals surface area contributed by atoms with Gasteiger partial charge in [-0.1, -0.05) is 25.5 Å². The van der Waals surface area contributed by atoms with Crippen molar-refractivity contribution in [3.05, 3.63) is 33.9 Å². The van der Waals surface area contributed by atoms with Crippen molar-refractivity contribution in [2.24, 2.45) is 0 Å². The normalized spacial score (nSPS) is 12.4. The zero-order chi connectivity index (χ0) is 31.2. The summed E-state index contributed by atoms with van der Waals surface area (Å²) in [6.45, 7) is 6.03. The summed E-state index contributed by atoms with van der Waals surface area (Å²) in [5, 5.41) is 10.7. The van der Waals surface area contributed by atoms with Crippen LogP contribution in [0.15, 0.2) is 11.6 Å². The Morgan fingerprint density at radius 1 is 0.929 bits per heavy atom. The first-order valence-electron chi connectivity index (χ1n) is 13.9. The maximum atomic E-state index is 12.3. The molecule has 0 amide bonds. The molecular formula is C30H40O12. The molecule has 1 N–H and O–H groups in total. The highest BCUT2D eigenvalue weighted by Crippen LogP contribution is 2.42. The molecule has 12 nitrogen and oxygen atoms in total. The lowest BCUT2D eigenvalue weighted by Crippen LogP contribution is -2.32. The molecule has 0 saturated heterocycles. The number of carbonyl (C=O) groups excluding carboxylic acids is 5. The SMILES string of the molecule is CCCC(=O)OCC(COC(=O)CCC)OC(=O)COC(=O)CC/C(C)=C/Cc1c(O)c2c(c(C)c1OC)COC2=O. The van der Waals surface area contributed by atoms with Crippen LogP contribution < -0.4 is 4.74 Å². The molecule has 0 radical (unpaired) electrons. The van der Waals surface area contributed by atoms with Gasteiger partial charge in [-0.25, -0.2) is 9.59 Å². The van der Waals surface area contributed by atoms with Gasteiger partial charge in [-0.15, -0.1) is 0 Å². The van der Waals surface area contributed by atoms with E-state index in [9.17, 15) is 29.1 Å². The van der Waals surface area contributed by atoms with Gasteiger partial charge in [0.25, 0.3) is 0 Å². The van der Waals surface area contributed by atoms with E-state index in [4.69, 9.17) is 28.4 Å². The lowest BCUT2D eigenvalue weighted by atomic mass is 9.94. The second-order valence-electron chi connectivity index (χ2n) is 9.81. The Morgan fingerprint density at radius 2 is 1.52 bits per heavy atom. The van der Waals surface area contributed by atoms with E-state index >= 15 is 0 Å². The summed E-state index contributed by atoms with van der Waals surface area (Å²) >= 11 is 0. The van der Waals surface area contributed by atoms with Crippen molar-refractivity contribution < 1.29 is 57.5 Å². The van der Waals surface area contributed by atoms with Crippen LogP contribution in [0.2, 0.25) is 0 Å². The number of benzene rings is 1. The third kappa shape index (κ3) is 10.1. The van der Waals surface area contributed by atoms with Gasteiger partial charge in [0, 0.05) is 30.4 Å². The number of hydrogen-bond acceptors (Lipinski definition) is 12. The van der Waals surface area contributed by atoms with E-state index in [-0.39, 0.29) is 56.8 Å². The van der Waals surface area contributed by atoms with Crippen molar-refractivity contribution in [3.63, 3.8) is 0 Å². The van der Waals surface area contributed by atoms with Gasteiger partial charge in [0.15, 0.2) is 12.7 Å². The van der Waals surface area contributed by atoms with Crippen LogP contribution in [0.25, 0.3) is 0 Å². The zero-order valence-electron chi connectivity index (χ0n) is 24.9. The third-order valence-electron chi connectivity index (χ3n) is 6.44. The number of rotatable bonds is 17. The Hall–Kier alpha value is -4.09. The summed E-state index contributed by atoms with van der Waals surface area (Å²) in [6, 6.07) is 0. The minimum Gasteiger partial charge on any atom is -0.507 e. The summed E-state index contributed by atoms with van der Waals surface area (Å²) < 4.78 is 30.9. The van der Waals surface area contributed by atoms with Crippen LogP contribution in [0.5, 0.6) is 11.5 Å². The molecule has 0 atom stereocenters. The molecule has 1 aliphatic rings. The maximum absolute atomic E-state index is 12.3. The molecule has 42 heavy (non-hydrogen) atoms. The fourth-order valence-corrected chi connectivity index (χ4v) is 4.18. The molecule has 232 valence electrons. The van der Waals surface area contributed by atoms with Crippen LogP contribution in [0.3, 0.4) is 0 Å². The fourth-order valence-electron chi connectivity index (χ4n) is 4.18. The quantitative estimate of drug-likeness (QED) is 0.159. The maximum Gasteiger partial charge on any atom is 0.344 e. The number of carbonyl (C=O) groups is 5. The molecular weight excluding hydrogens is 552 g/mol. The largest absolute Gasteiger partial charge is 0.507 e. The highest BCUT2D eigenvalue weighted by Gasteiger charge is 2.32. The molecule has 0 bridgehead atoms. The Kier molecular flexibility index (Phi) is 13.8. The van der Waals surface area contributed by atoms with E-state index in [0.29, 0.717) is 41.7 Å². The minimum absolute atomic E-state index is 0.0268. The summed E-state index contributed by atoms with van der Waals surface area (Å²) in [4.78, 5) is 59.9. The Bertz CT molecular complexity index is 1160. The Balaban J connectivity index is 1.88. The molecule has 0 spiro atoms. The topological polar surface area (TPSA) is 161 Å².